The first-order chi connectivity index (χ1) is 11.1. The van der Waals surface area contributed by atoms with Crippen molar-refractivity contribution in [2.75, 3.05) is 33.0 Å². The summed E-state index contributed by atoms with van der Waals surface area (Å²) in [6.45, 7) is 10.6. The lowest BCUT2D eigenvalue weighted by molar-refractivity contribution is -0.139. The fourth-order valence-corrected chi connectivity index (χ4v) is 4.64. The van der Waals surface area contributed by atoms with E-state index in [-0.39, 0.29) is 6.61 Å². The molecule has 0 saturated carbocycles. The van der Waals surface area contributed by atoms with Gasteiger partial charge in [-0.25, -0.2) is 4.79 Å². The first-order valence-corrected chi connectivity index (χ1v) is 11.3. The Hall–Kier alpha value is -1.43. The molecule has 4 nitrogen and oxygen atoms in total. The minimum absolute atomic E-state index is 0.252. The zero-order valence-electron chi connectivity index (χ0n) is 14.3. The lowest BCUT2D eigenvalue weighted by Gasteiger charge is -2.22. The molecule has 0 spiro atoms. The molecule has 0 amide bonds. The molecule has 1 rings (SSSR count). The Morgan fingerprint density at radius 1 is 1.04 bits per heavy atom. The van der Waals surface area contributed by atoms with Gasteiger partial charge in [0.25, 0.3) is 0 Å². The third-order valence-electron chi connectivity index (χ3n) is 3.66. The Kier molecular flexibility index (Phi) is 9.51. The molecule has 0 atom stereocenters. The average molecular weight is 337 g/mol. The van der Waals surface area contributed by atoms with E-state index in [0.717, 1.165) is 19.1 Å². The zero-order valence-corrected chi connectivity index (χ0v) is 15.3. The monoisotopic (exact) mass is 336 g/mol. The zero-order chi connectivity index (χ0) is 17.0. The summed E-state index contributed by atoms with van der Waals surface area (Å²) in [6.07, 6.45) is 2.22. The van der Waals surface area contributed by atoms with Gasteiger partial charge in [-0.15, -0.1) is 0 Å². The fourth-order valence-electron chi connectivity index (χ4n) is 2.23. The summed E-state index contributed by atoms with van der Waals surface area (Å²) in [7, 11) is -1.35. The van der Waals surface area contributed by atoms with Crippen LogP contribution in [0, 0.1) is 0 Å². The summed E-state index contributed by atoms with van der Waals surface area (Å²) in [6, 6.07) is 12.0. The molecular formula is C18H28O4Si. The molecule has 5 heteroatoms. The van der Waals surface area contributed by atoms with Crippen LogP contribution in [0.5, 0.6) is 0 Å². The first-order valence-electron chi connectivity index (χ1n) is 8.06. The van der Waals surface area contributed by atoms with Crippen molar-refractivity contribution in [1.29, 1.82) is 0 Å². The largest absolute Gasteiger partial charge is 0.460 e. The number of carbonyl (C=O) groups is 1. The van der Waals surface area contributed by atoms with Crippen molar-refractivity contribution in [3.8, 4) is 0 Å². The van der Waals surface area contributed by atoms with Gasteiger partial charge >= 0.3 is 5.97 Å². The van der Waals surface area contributed by atoms with Crippen LogP contribution in [0.4, 0.5) is 0 Å². The smallest absolute Gasteiger partial charge is 0.330 e. The topological polar surface area (TPSA) is 44.8 Å². The Labute approximate surface area is 140 Å². The highest BCUT2D eigenvalue weighted by Gasteiger charge is 2.22. The molecule has 0 aliphatic rings. The highest BCUT2D eigenvalue weighted by Crippen LogP contribution is 2.12. The molecule has 0 aliphatic heterocycles. The maximum absolute atomic E-state index is 10.8. The molecule has 0 fully saturated rings. The summed E-state index contributed by atoms with van der Waals surface area (Å²) in [4.78, 5) is 10.8. The highest BCUT2D eigenvalue weighted by molar-refractivity contribution is 6.89. The van der Waals surface area contributed by atoms with E-state index in [1.807, 2.05) is 0 Å². The summed E-state index contributed by atoms with van der Waals surface area (Å²) in [5.74, 6) is -0.421. The maximum Gasteiger partial charge on any atom is 0.330 e. The molecule has 0 N–H and O–H groups in total. The van der Waals surface area contributed by atoms with Crippen molar-refractivity contribution >= 4 is 19.2 Å². The minimum atomic E-state index is -1.35. The predicted molar refractivity (Wildman–Crippen MR) is 95.8 cm³/mol. The first kappa shape index (κ1) is 19.6. The highest BCUT2D eigenvalue weighted by atomic mass is 28.3. The van der Waals surface area contributed by atoms with Crippen molar-refractivity contribution in [3.63, 3.8) is 0 Å². The van der Waals surface area contributed by atoms with Crippen LogP contribution in [-0.4, -0.2) is 47.1 Å². The van der Waals surface area contributed by atoms with E-state index in [9.17, 15) is 4.79 Å². The van der Waals surface area contributed by atoms with Crippen molar-refractivity contribution in [1.82, 2.24) is 0 Å². The standard InChI is InChI=1S/C18H28O4Si/c1-4-18(19)22-15-14-21-13-12-20-11-8-16-23(2,3)17-9-6-5-7-10-17/h4-7,9-10H,1,8,11-16H2,2-3H3. The molecule has 0 bridgehead atoms. The SMILES string of the molecule is C=CC(=O)OCCOCCOCCC[Si](C)(C)c1ccccc1. The minimum Gasteiger partial charge on any atom is -0.460 e. The van der Waals surface area contributed by atoms with Crippen molar-refractivity contribution in [3.05, 3.63) is 43.0 Å². The summed E-state index contributed by atoms with van der Waals surface area (Å²) in [5, 5.41) is 1.50. The van der Waals surface area contributed by atoms with E-state index in [2.05, 4.69) is 50.0 Å². The quantitative estimate of drug-likeness (QED) is 0.255. The molecule has 0 aromatic heterocycles. The van der Waals surface area contributed by atoms with Crippen LogP contribution in [0.3, 0.4) is 0 Å². The third-order valence-corrected chi connectivity index (χ3v) is 7.16. The summed E-state index contributed by atoms with van der Waals surface area (Å²) >= 11 is 0. The Morgan fingerprint density at radius 3 is 2.30 bits per heavy atom. The van der Waals surface area contributed by atoms with Gasteiger partial charge in [0.05, 0.1) is 27.9 Å². The number of ether oxygens (including phenoxy) is 3. The molecular weight excluding hydrogens is 308 g/mol. The van der Waals surface area contributed by atoms with E-state index in [1.54, 1.807) is 0 Å². The predicted octanol–water partition coefficient (Wildman–Crippen LogP) is 2.75. The number of benzene rings is 1. The van der Waals surface area contributed by atoms with Crippen LogP contribution < -0.4 is 5.19 Å². The number of hydrogen-bond donors (Lipinski definition) is 0. The molecule has 128 valence electrons. The molecule has 0 heterocycles. The molecule has 1 aromatic carbocycles. The number of rotatable bonds is 12. The van der Waals surface area contributed by atoms with Gasteiger partial charge in [0.2, 0.25) is 0 Å². The lowest BCUT2D eigenvalue weighted by Crippen LogP contribution is -2.41. The van der Waals surface area contributed by atoms with Crippen molar-refractivity contribution < 1.29 is 19.0 Å². The second-order valence-corrected chi connectivity index (χ2v) is 10.8. The van der Waals surface area contributed by atoms with Crippen molar-refractivity contribution in [2.24, 2.45) is 0 Å². The van der Waals surface area contributed by atoms with Crippen LogP contribution in [0.15, 0.2) is 43.0 Å². The van der Waals surface area contributed by atoms with Crippen molar-refractivity contribution in [2.45, 2.75) is 25.6 Å². The van der Waals surface area contributed by atoms with E-state index in [4.69, 9.17) is 14.2 Å². The van der Waals surface area contributed by atoms with Gasteiger partial charge in [-0.05, 0) is 6.42 Å². The van der Waals surface area contributed by atoms with E-state index < -0.39 is 14.0 Å². The Balaban J connectivity index is 1.99. The number of hydrogen-bond acceptors (Lipinski definition) is 4. The molecule has 0 saturated heterocycles. The average Bonchev–Trinajstić information content (AvgIpc) is 2.57. The molecule has 1 aromatic rings. The molecule has 0 unspecified atom stereocenters. The van der Waals surface area contributed by atoms with Crippen LogP contribution in [0.2, 0.25) is 19.1 Å². The van der Waals surface area contributed by atoms with Gasteiger partial charge in [-0.3, -0.25) is 0 Å². The van der Waals surface area contributed by atoms with Gasteiger partial charge in [0.1, 0.15) is 6.61 Å². The van der Waals surface area contributed by atoms with E-state index in [1.165, 1.54) is 11.2 Å². The second kappa shape index (κ2) is 11.2. The van der Waals surface area contributed by atoms with Gasteiger partial charge in [-0.2, -0.15) is 0 Å². The van der Waals surface area contributed by atoms with Crippen LogP contribution in [-0.2, 0) is 19.0 Å². The Bertz CT molecular complexity index is 459. The van der Waals surface area contributed by atoms with Gasteiger partial charge in [0.15, 0.2) is 0 Å². The molecule has 0 aliphatic carbocycles. The molecule has 23 heavy (non-hydrogen) atoms. The Morgan fingerprint density at radius 2 is 1.65 bits per heavy atom. The van der Waals surface area contributed by atoms with E-state index in [0.29, 0.717) is 19.8 Å². The normalized spacial score (nSPS) is 11.2. The van der Waals surface area contributed by atoms with Gasteiger partial charge < -0.3 is 14.2 Å². The number of esters is 1. The van der Waals surface area contributed by atoms with E-state index >= 15 is 0 Å². The lowest BCUT2D eigenvalue weighted by atomic mass is 10.4. The summed E-state index contributed by atoms with van der Waals surface area (Å²) < 4.78 is 15.7. The van der Waals surface area contributed by atoms with Gasteiger partial charge in [0, 0.05) is 12.7 Å². The number of carbonyl (C=O) groups excluding carboxylic acids is 1. The summed E-state index contributed by atoms with van der Waals surface area (Å²) in [5.41, 5.74) is 0. The fraction of sp³-hybridized carbons (Fsp3) is 0.500. The maximum atomic E-state index is 10.8. The second-order valence-electron chi connectivity index (χ2n) is 5.95. The van der Waals surface area contributed by atoms with Crippen LogP contribution in [0.25, 0.3) is 0 Å². The van der Waals surface area contributed by atoms with Gasteiger partial charge in [-0.1, -0.05) is 61.2 Å². The molecule has 0 radical (unpaired) electrons. The third kappa shape index (κ3) is 8.69. The van der Waals surface area contributed by atoms with Crippen LogP contribution >= 0.6 is 0 Å². The van der Waals surface area contributed by atoms with Crippen LogP contribution in [0.1, 0.15) is 6.42 Å².